The van der Waals surface area contributed by atoms with Crippen LogP contribution in [0.5, 0.6) is 5.75 Å². The first-order valence-electron chi connectivity index (χ1n) is 10.9. The van der Waals surface area contributed by atoms with Crippen LogP contribution in [0.2, 0.25) is 0 Å². The van der Waals surface area contributed by atoms with Crippen LogP contribution < -0.4 is 15.8 Å². The van der Waals surface area contributed by atoms with Crippen molar-refractivity contribution < 1.29 is 14.5 Å². The number of thiophene rings is 1. The first-order chi connectivity index (χ1) is 17.4. The van der Waals surface area contributed by atoms with Crippen molar-refractivity contribution in [3.8, 4) is 28.1 Å². The number of carbonyl (C=O) groups excluding carboxylic acids is 1. The van der Waals surface area contributed by atoms with Crippen molar-refractivity contribution >= 4 is 44.5 Å². The molecule has 0 radical (unpaired) electrons. The zero-order chi connectivity index (χ0) is 25.2. The molecule has 178 valence electrons. The van der Waals surface area contributed by atoms with Gasteiger partial charge in [0.2, 0.25) is 0 Å². The molecule has 3 aromatic carbocycles. The van der Waals surface area contributed by atoms with Crippen molar-refractivity contribution in [2.75, 3.05) is 18.2 Å². The molecule has 0 aliphatic heterocycles. The van der Waals surface area contributed by atoms with Gasteiger partial charge in [-0.1, -0.05) is 42.5 Å². The Kier molecular flexibility index (Phi) is 6.05. The highest BCUT2D eigenvalue weighted by Crippen LogP contribution is 2.42. The molecule has 0 saturated heterocycles. The van der Waals surface area contributed by atoms with Crippen LogP contribution in [-0.2, 0) is 0 Å². The van der Waals surface area contributed by atoms with Gasteiger partial charge in [-0.05, 0) is 41.5 Å². The number of hydrogen-bond acceptors (Lipinski definition) is 7. The molecule has 36 heavy (non-hydrogen) atoms. The Hall–Kier alpha value is -4.76. The lowest BCUT2D eigenvalue weighted by molar-refractivity contribution is -0.384. The molecule has 0 aliphatic rings. The molecular formula is C27H20N4O4S. The number of rotatable bonds is 6. The van der Waals surface area contributed by atoms with Gasteiger partial charge < -0.3 is 15.8 Å². The molecule has 2 aromatic heterocycles. The molecule has 8 nitrogen and oxygen atoms in total. The van der Waals surface area contributed by atoms with E-state index in [1.165, 1.54) is 35.6 Å². The topological polar surface area (TPSA) is 120 Å². The molecule has 3 N–H and O–H groups in total. The fourth-order valence-electron chi connectivity index (χ4n) is 3.90. The molecule has 5 rings (SSSR count). The first kappa shape index (κ1) is 23.0. The highest BCUT2D eigenvalue weighted by atomic mass is 32.1. The molecule has 0 saturated carbocycles. The lowest BCUT2D eigenvalue weighted by atomic mass is 9.99. The number of hydrogen-bond donors (Lipinski definition) is 2. The summed E-state index contributed by atoms with van der Waals surface area (Å²) in [4.78, 5) is 29.3. The minimum absolute atomic E-state index is 0.0591. The third-order valence-electron chi connectivity index (χ3n) is 5.71. The number of nitrogen functional groups attached to an aromatic ring is 1. The standard InChI is InChI=1S/C27H20N4O4S/c1-35-20-13-7-16(8-14-20)21-15-22(17-5-3-2-4-6-17)30-27-23(21)24(28)25(36-27)26(32)29-18-9-11-19(12-10-18)31(33)34/h2-15H,28H2,1H3,(H,29,32). The molecule has 5 aromatic rings. The van der Waals surface area contributed by atoms with Gasteiger partial charge in [0.15, 0.2) is 0 Å². The summed E-state index contributed by atoms with van der Waals surface area (Å²) in [6, 6.07) is 25.0. The van der Waals surface area contributed by atoms with E-state index in [1.807, 2.05) is 60.7 Å². The van der Waals surface area contributed by atoms with Gasteiger partial charge in [0.05, 0.1) is 23.4 Å². The molecule has 2 heterocycles. The largest absolute Gasteiger partial charge is 0.497 e. The molecule has 0 atom stereocenters. The summed E-state index contributed by atoms with van der Waals surface area (Å²) < 4.78 is 5.30. The number of nitro benzene ring substituents is 1. The summed E-state index contributed by atoms with van der Waals surface area (Å²) in [5, 5.41) is 14.4. The number of non-ortho nitro benzene ring substituents is 1. The second kappa shape index (κ2) is 9.47. The minimum Gasteiger partial charge on any atom is -0.497 e. The van der Waals surface area contributed by atoms with Crippen LogP contribution in [0.15, 0.2) is 84.9 Å². The Morgan fingerprint density at radius 1 is 1.00 bits per heavy atom. The number of amides is 1. The SMILES string of the molecule is COc1ccc(-c2cc(-c3ccccc3)nc3sc(C(=O)Nc4ccc([N+](=O)[O-])cc4)c(N)c23)cc1. The summed E-state index contributed by atoms with van der Waals surface area (Å²) in [6.07, 6.45) is 0. The average Bonchev–Trinajstić information content (AvgIpc) is 3.25. The zero-order valence-electron chi connectivity index (χ0n) is 19.1. The third-order valence-corrected chi connectivity index (χ3v) is 6.81. The summed E-state index contributed by atoms with van der Waals surface area (Å²) in [7, 11) is 1.61. The fraction of sp³-hybridized carbons (Fsp3) is 0.0370. The number of anilines is 2. The van der Waals surface area contributed by atoms with Gasteiger partial charge in [0.25, 0.3) is 11.6 Å². The van der Waals surface area contributed by atoms with Gasteiger partial charge in [0, 0.05) is 28.8 Å². The Balaban J connectivity index is 1.61. The third kappa shape index (κ3) is 4.35. The van der Waals surface area contributed by atoms with Gasteiger partial charge in [-0.2, -0.15) is 0 Å². The maximum Gasteiger partial charge on any atom is 0.269 e. The summed E-state index contributed by atoms with van der Waals surface area (Å²) in [5.41, 5.74) is 10.7. The van der Waals surface area contributed by atoms with Crippen LogP contribution in [0, 0.1) is 10.1 Å². The normalized spacial score (nSPS) is 10.8. The van der Waals surface area contributed by atoms with Crippen molar-refractivity contribution in [2.24, 2.45) is 0 Å². The lowest BCUT2D eigenvalue weighted by Gasteiger charge is -2.10. The average molecular weight is 497 g/mol. The minimum atomic E-state index is -0.494. The maximum atomic E-state index is 13.2. The van der Waals surface area contributed by atoms with E-state index in [1.54, 1.807) is 7.11 Å². The molecule has 0 spiro atoms. The number of carbonyl (C=O) groups is 1. The van der Waals surface area contributed by atoms with E-state index in [0.717, 1.165) is 28.1 Å². The van der Waals surface area contributed by atoms with Crippen LogP contribution in [0.1, 0.15) is 9.67 Å². The van der Waals surface area contributed by atoms with Crippen LogP contribution in [0.25, 0.3) is 32.6 Å². The number of methoxy groups -OCH3 is 1. The predicted molar refractivity (Wildman–Crippen MR) is 143 cm³/mol. The van der Waals surface area contributed by atoms with Crippen LogP contribution in [0.4, 0.5) is 17.1 Å². The van der Waals surface area contributed by atoms with E-state index in [0.29, 0.717) is 26.5 Å². The van der Waals surface area contributed by atoms with Crippen LogP contribution in [-0.4, -0.2) is 22.9 Å². The Labute approximate surface area is 210 Å². The van der Waals surface area contributed by atoms with Crippen LogP contribution in [0.3, 0.4) is 0 Å². The summed E-state index contributed by atoms with van der Waals surface area (Å²) in [6.45, 7) is 0. The highest BCUT2D eigenvalue weighted by Gasteiger charge is 2.22. The molecule has 0 bridgehead atoms. The molecule has 0 fully saturated rings. The Bertz CT molecular complexity index is 1580. The van der Waals surface area contributed by atoms with E-state index in [4.69, 9.17) is 15.5 Å². The molecule has 1 amide bonds. The van der Waals surface area contributed by atoms with Crippen LogP contribution >= 0.6 is 11.3 Å². The first-order valence-corrected chi connectivity index (χ1v) is 11.7. The van der Waals surface area contributed by atoms with Crippen molar-refractivity contribution in [3.05, 3.63) is 99.9 Å². The van der Waals surface area contributed by atoms with Crippen molar-refractivity contribution in [1.29, 1.82) is 0 Å². The fourth-order valence-corrected chi connectivity index (χ4v) is 4.91. The number of fused-ring (bicyclic) bond motifs is 1. The van der Waals surface area contributed by atoms with E-state index in [9.17, 15) is 14.9 Å². The molecule has 0 unspecified atom stereocenters. The van der Waals surface area contributed by atoms with Crippen molar-refractivity contribution in [1.82, 2.24) is 4.98 Å². The number of ether oxygens (including phenoxy) is 1. The number of benzene rings is 3. The predicted octanol–water partition coefficient (Wildman–Crippen LogP) is 6.38. The summed E-state index contributed by atoms with van der Waals surface area (Å²) >= 11 is 1.20. The molecular weight excluding hydrogens is 476 g/mol. The van der Waals surface area contributed by atoms with Gasteiger partial charge in [0.1, 0.15) is 15.5 Å². The van der Waals surface area contributed by atoms with Gasteiger partial charge in [-0.3, -0.25) is 14.9 Å². The number of pyridine rings is 1. The number of nitrogens with zero attached hydrogens (tertiary/aromatic N) is 2. The lowest BCUT2D eigenvalue weighted by Crippen LogP contribution is -2.11. The molecule has 0 aliphatic carbocycles. The van der Waals surface area contributed by atoms with E-state index in [-0.39, 0.29) is 5.69 Å². The number of nitro groups is 1. The van der Waals surface area contributed by atoms with Gasteiger partial charge in [-0.15, -0.1) is 11.3 Å². The number of aromatic nitrogens is 1. The smallest absolute Gasteiger partial charge is 0.269 e. The monoisotopic (exact) mass is 496 g/mol. The zero-order valence-corrected chi connectivity index (χ0v) is 19.9. The quantitative estimate of drug-likeness (QED) is 0.208. The van der Waals surface area contributed by atoms with Crippen molar-refractivity contribution in [2.45, 2.75) is 0 Å². The number of nitrogens with two attached hydrogens (primary N) is 1. The maximum absolute atomic E-state index is 13.2. The Morgan fingerprint density at radius 2 is 1.69 bits per heavy atom. The molecule has 9 heteroatoms. The van der Waals surface area contributed by atoms with Gasteiger partial charge >= 0.3 is 0 Å². The highest BCUT2D eigenvalue weighted by molar-refractivity contribution is 7.21. The summed E-state index contributed by atoms with van der Waals surface area (Å²) in [5.74, 6) is 0.320. The van der Waals surface area contributed by atoms with E-state index < -0.39 is 10.8 Å². The second-order valence-electron chi connectivity index (χ2n) is 7.93. The van der Waals surface area contributed by atoms with Crippen molar-refractivity contribution in [3.63, 3.8) is 0 Å². The number of nitrogens with one attached hydrogen (secondary N) is 1. The van der Waals surface area contributed by atoms with E-state index >= 15 is 0 Å². The Morgan fingerprint density at radius 3 is 2.33 bits per heavy atom. The van der Waals surface area contributed by atoms with E-state index in [2.05, 4.69) is 5.32 Å². The van der Waals surface area contributed by atoms with Gasteiger partial charge in [-0.25, -0.2) is 4.98 Å². The second-order valence-corrected chi connectivity index (χ2v) is 8.93.